The zero-order valence-corrected chi connectivity index (χ0v) is 7.57. The SMILES string of the molecule is C=C(/C=C/CC)C(C)(C)C. The van der Waals surface area contributed by atoms with E-state index in [-0.39, 0.29) is 5.41 Å². The van der Waals surface area contributed by atoms with Crippen molar-refractivity contribution in [1.29, 1.82) is 0 Å². The van der Waals surface area contributed by atoms with Crippen molar-refractivity contribution in [2.24, 2.45) is 5.41 Å². The van der Waals surface area contributed by atoms with Gasteiger partial charge in [-0.05, 0) is 11.8 Å². The fraction of sp³-hybridized carbons (Fsp3) is 0.600. The maximum absolute atomic E-state index is 3.98. The third-order valence-electron chi connectivity index (χ3n) is 1.52. The van der Waals surface area contributed by atoms with Gasteiger partial charge in [-0.1, -0.05) is 52.0 Å². The van der Waals surface area contributed by atoms with E-state index in [9.17, 15) is 0 Å². The Morgan fingerprint density at radius 2 is 1.90 bits per heavy atom. The summed E-state index contributed by atoms with van der Waals surface area (Å²) in [6, 6.07) is 0. The lowest BCUT2D eigenvalue weighted by Crippen LogP contribution is -2.05. The molecule has 0 aromatic rings. The topological polar surface area (TPSA) is 0 Å². The van der Waals surface area contributed by atoms with E-state index in [0.717, 1.165) is 6.42 Å². The lowest BCUT2D eigenvalue weighted by atomic mass is 9.87. The Kier molecular flexibility index (Phi) is 3.41. The molecule has 0 aliphatic heterocycles. The highest BCUT2D eigenvalue weighted by Crippen LogP contribution is 2.24. The first-order valence-electron chi connectivity index (χ1n) is 3.84. The zero-order valence-electron chi connectivity index (χ0n) is 7.57. The number of hydrogen-bond acceptors (Lipinski definition) is 0. The molecule has 0 nitrogen and oxygen atoms in total. The van der Waals surface area contributed by atoms with Crippen molar-refractivity contribution in [3.05, 3.63) is 24.3 Å². The van der Waals surface area contributed by atoms with Crippen molar-refractivity contribution in [1.82, 2.24) is 0 Å². The Morgan fingerprint density at radius 3 is 2.20 bits per heavy atom. The van der Waals surface area contributed by atoms with Crippen LogP contribution in [0.25, 0.3) is 0 Å². The zero-order chi connectivity index (χ0) is 8.20. The van der Waals surface area contributed by atoms with Gasteiger partial charge in [-0.15, -0.1) is 0 Å². The molecule has 58 valence electrons. The van der Waals surface area contributed by atoms with Gasteiger partial charge in [-0.2, -0.15) is 0 Å². The van der Waals surface area contributed by atoms with Crippen molar-refractivity contribution < 1.29 is 0 Å². The van der Waals surface area contributed by atoms with E-state index < -0.39 is 0 Å². The smallest absolute Gasteiger partial charge is 0.0138 e. The average Bonchev–Trinajstić information content (AvgIpc) is 1.80. The highest BCUT2D eigenvalue weighted by Gasteiger charge is 2.10. The Bertz CT molecular complexity index is 133. The maximum Gasteiger partial charge on any atom is -0.0138 e. The van der Waals surface area contributed by atoms with Gasteiger partial charge in [0, 0.05) is 0 Å². The summed E-state index contributed by atoms with van der Waals surface area (Å²) in [4.78, 5) is 0. The molecule has 0 aromatic carbocycles. The van der Waals surface area contributed by atoms with E-state index in [1.165, 1.54) is 5.57 Å². The Labute approximate surface area is 64.6 Å². The van der Waals surface area contributed by atoms with Crippen LogP contribution >= 0.6 is 0 Å². The predicted octanol–water partition coefficient (Wildman–Crippen LogP) is 3.55. The third-order valence-corrected chi connectivity index (χ3v) is 1.52. The van der Waals surface area contributed by atoms with Crippen LogP contribution in [0.2, 0.25) is 0 Å². The summed E-state index contributed by atoms with van der Waals surface area (Å²) in [5.74, 6) is 0. The summed E-state index contributed by atoms with van der Waals surface area (Å²) in [7, 11) is 0. The molecule has 0 heteroatoms. The van der Waals surface area contributed by atoms with Gasteiger partial charge >= 0.3 is 0 Å². The summed E-state index contributed by atoms with van der Waals surface area (Å²) in [6.45, 7) is 12.6. The summed E-state index contributed by atoms with van der Waals surface area (Å²) in [6.07, 6.45) is 5.35. The fourth-order valence-corrected chi connectivity index (χ4v) is 0.510. The monoisotopic (exact) mass is 138 g/mol. The molecule has 0 fully saturated rings. The fourth-order valence-electron chi connectivity index (χ4n) is 0.510. The second-order valence-electron chi connectivity index (χ2n) is 3.59. The van der Waals surface area contributed by atoms with E-state index in [4.69, 9.17) is 0 Å². The lowest BCUT2D eigenvalue weighted by Gasteiger charge is -2.18. The molecule has 0 saturated heterocycles. The van der Waals surface area contributed by atoms with Crippen molar-refractivity contribution in [3.63, 3.8) is 0 Å². The molecule has 0 N–H and O–H groups in total. The van der Waals surface area contributed by atoms with Crippen LogP contribution in [0, 0.1) is 5.41 Å². The van der Waals surface area contributed by atoms with Gasteiger partial charge in [0.2, 0.25) is 0 Å². The summed E-state index contributed by atoms with van der Waals surface area (Å²) >= 11 is 0. The summed E-state index contributed by atoms with van der Waals surface area (Å²) < 4.78 is 0. The van der Waals surface area contributed by atoms with Crippen LogP contribution in [0.4, 0.5) is 0 Å². The van der Waals surface area contributed by atoms with Gasteiger partial charge in [0.15, 0.2) is 0 Å². The van der Waals surface area contributed by atoms with Crippen LogP contribution in [0.3, 0.4) is 0 Å². The molecule has 0 spiro atoms. The van der Waals surface area contributed by atoms with E-state index in [1.807, 2.05) is 0 Å². The molecule has 0 aliphatic rings. The second-order valence-corrected chi connectivity index (χ2v) is 3.59. The van der Waals surface area contributed by atoms with Gasteiger partial charge < -0.3 is 0 Å². The molecule has 0 radical (unpaired) electrons. The molecule has 0 bridgehead atoms. The van der Waals surface area contributed by atoms with Gasteiger partial charge in [-0.25, -0.2) is 0 Å². The Balaban J connectivity index is 3.98. The van der Waals surface area contributed by atoms with Crippen LogP contribution in [-0.4, -0.2) is 0 Å². The number of rotatable bonds is 2. The molecule has 0 unspecified atom stereocenters. The molecule has 0 rings (SSSR count). The van der Waals surface area contributed by atoms with Crippen LogP contribution < -0.4 is 0 Å². The average molecular weight is 138 g/mol. The van der Waals surface area contributed by atoms with Crippen LogP contribution in [0.15, 0.2) is 24.3 Å². The summed E-state index contributed by atoms with van der Waals surface area (Å²) in [5.41, 5.74) is 1.43. The number of hydrogen-bond donors (Lipinski definition) is 0. The number of allylic oxidation sites excluding steroid dienone is 3. The van der Waals surface area contributed by atoms with Gasteiger partial charge in [0.1, 0.15) is 0 Å². The molecule has 0 saturated carbocycles. The Hall–Kier alpha value is -0.520. The maximum atomic E-state index is 3.98. The first-order chi connectivity index (χ1) is 4.48. The normalized spacial score (nSPS) is 12.4. The summed E-state index contributed by atoms with van der Waals surface area (Å²) in [5, 5.41) is 0. The molecular weight excluding hydrogens is 120 g/mol. The van der Waals surface area contributed by atoms with Crippen LogP contribution in [0.5, 0.6) is 0 Å². The third kappa shape index (κ3) is 3.49. The highest BCUT2D eigenvalue weighted by atomic mass is 14.2. The standard InChI is InChI=1S/C10H18/c1-6-7-8-9(2)10(3,4)5/h7-8H,2,6H2,1,3-5H3/b8-7+. The quantitative estimate of drug-likeness (QED) is 0.512. The van der Waals surface area contributed by atoms with Crippen molar-refractivity contribution in [3.8, 4) is 0 Å². The first kappa shape index (κ1) is 9.48. The molecule has 0 atom stereocenters. The second kappa shape index (κ2) is 3.60. The molecule has 0 heterocycles. The Morgan fingerprint density at radius 1 is 1.40 bits per heavy atom. The van der Waals surface area contributed by atoms with Gasteiger partial charge in [-0.3, -0.25) is 0 Å². The van der Waals surface area contributed by atoms with Gasteiger partial charge in [0.25, 0.3) is 0 Å². The van der Waals surface area contributed by atoms with Crippen molar-refractivity contribution >= 4 is 0 Å². The van der Waals surface area contributed by atoms with Crippen LogP contribution in [0.1, 0.15) is 34.1 Å². The minimum atomic E-state index is 0.228. The van der Waals surface area contributed by atoms with Crippen LogP contribution in [-0.2, 0) is 0 Å². The van der Waals surface area contributed by atoms with E-state index >= 15 is 0 Å². The molecule has 0 amide bonds. The van der Waals surface area contributed by atoms with Crippen molar-refractivity contribution in [2.75, 3.05) is 0 Å². The molecular formula is C10H18. The lowest BCUT2D eigenvalue weighted by molar-refractivity contribution is 0.519. The first-order valence-corrected chi connectivity index (χ1v) is 3.84. The van der Waals surface area contributed by atoms with E-state index in [1.54, 1.807) is 0 Å². The molecule has 0 aromatic heterocycles. The van der Waals surface area contributed by atoms with Crippen molar-refractivity contribution in [2.45, 2.75) is 34.1 Å². The van der Waals surface area contributed by atoms with E-state index in [0.29, 0.717) is 0 Å². The largest absolute Gasteiger partial charge is 0.0953 e. The minimum Gasteiger partial charge on any atom is -0.0953 e. The van der Waals surface area contributed by atoms with E-state index in [2.05, 4.69) is 46.4 Å². The molecule has 0 aliphatic carbocycles. The predicted molar refractivity (Wildman–Crippen MR) is 48.0 cm³/mol. The highest BCUT2D eigenvalue weighted by molar-refractivity contribution is 5.20. The van der Waals surface area contributed by atoms with Gasteiger partial charge in [0.05, 0.1) is 0 Å². The minimum absolute atomic E-state index is 0.228. The molecule has 10 heavy (non-hydrogen) atoms.